The first-order chi connectivity index (χ1) is 7.11. The minimum Gasteiger partial charge on any atom is -0.288 e. The summed E-state index contributed by atoms with van der Waals surface area (Å²) in [4.78, 5) is 13.2. The first-order valence-corrected chi connectivity index (χ1v) is 5.56. The van der Waals surface area contributed by atoms with E-state index >= 15 is 0 Å². The molecule has 2 aromatic rings. The van der Waals surface area contributed by atoms with E-state index in [2.05, 4.69) is 5.10 Å². The Hall–Kier alpha value is -1.42. The molecule has 0 saturated heterocycles. The summed E-state index contributed by atoms with van der Waals surface area (Å²) in [5.41, 5.74) is 2.39. The van der Waals surface area contributed by atoms with Crippen LogP contribution in [0.5, 0.6) is 0 Å². The lowest BCUT2D eigenvalue weighted by Crippen LogP contribution is -2.03. The van der Waals surface area contributed by atoms with Gasteiger partial charge in [0.2, 0.25) is 0 Å². The quantitative estimate of drug-likeness (QED) is 0.728. The monoisotopic (exact) mass is 220 g/mol. The summed E-state index contributed by atoms with van der Waals surface area (Å²) in [6, 6.07) is 1.87. The zero-order valence-electron chi connectivity index (χ0n) is 8.94. The average Bonchev–Trinajstić information content (AvgIpc) is 2.75. The fraction of sp³-hybridized carbons (Fsp3) is 0.273. The Labute approximate surface area is 92.4 Å². The van der Waals surface area contributed by atoms with Crippen LogP contribution in [0.3, 0.4) is 0 Å². The van der Waals surface area contributed by atoms with Crippen molar-refractivity contribution in [1.29, 1.82) is 0 Å². The van der Waals surface area contributed by atoms with E-state index in [1.165, 1.54) is 0 Å². The predicted molar refractivity (Wildman–Crippen MR) is 60.4 cm³/mol. The molecule has 2 aromatic heterocycles. The number of aryl methyl sites for hydroxylation is 2. The Bertz CT molecular complexity index is 510. The maximum Gasteiger partial charge on any atom is 0.197 e. The van der Waals surface area contributed by atoms with Gasteiger partial charge >= 0.3 is 0 Å². The molecule has 2 rings (SSSR count). The van der Waals surface area contributed by atoms with Crippen molar-refractivity contribution in [3.8, 4) is 0 Å². The summed E-state index contributed by atoms with van der Waals surface area (Å²) in [6.07, 6.45) is 1.63. The number of carbonyl (C=O) groups is 1. The SMILES string of the molecule is Cc1sccc1C(=O)c1cnn(C)c1C. The van der Waals surface area contributed by atoms with Gasteiger partial charge in [-0.3, -0.25) is 9.48 Å². The Kier molecular flexibility index (Phi) is 2.44. The highest BCUT2D eigenvalue weighted by atomic mass is 32.1. The second kappa shape index (κ2) is 3.62. The van der Waals surface area contributed by atoms with Gasteiger partial charge in [-0.2, -0.15) is 5.10 Å². The van der Waals surface area contributed by atoms with Crippen molar-refractivity contribution in [3.63, 3.8) is 0 Å². The first kappa shape index (κ1) is 10.1. The highest BCUT2D eigenvalue weighted by Gasteiger charge is 2.17. The lowest BCUT2D eigenvalue weighted by molar-refractivity contribution is 0.103. The van der Waals surface area contributed by atoms with Crippen LogP contribution in [0, 0.1) is 13.8 Å². The maximum atomic E-state index is 12.1. The minimum atomic E-state index is 0.0688. The number of hydrogen-bond donors (Lipinski definition) is 0. The number of ketones is 1. The molecule has 0 aliphatic heterocycles. The van der Waals surface area contributed by atoms with Crippen LogP contribution in [0.1, 0.15) is 26.5 Å². The third-order valence-electron chi connectivity index (χ3n) is 2.58. The van der Waals surface area contributed by atoms with E-state index in [9.17, 15) is 4.79 Å². The van der Waals surface area contributed by atoms with Gasteiger partial charge < -0.3 is 0 Å². The summed E-state index contributed by atoms with van der Waals surface area (Å²) in [7, 11) is 1.84. The van der Waals surface area contributed by atoms with E-state index in [0.717, 1.165) is 16.1 Å². The normalized spacial score (nSPS) is 10.6. The average molecular weight is 220 g/mol. The highest BCUT2D eigenvalue weighted by Crippen LogP contribution is 2.20. The van der Waals surface area contributed by atoms with Crippen LogP contribution in [0.25, 0.3) is 0 Å². The van der Waals surface area contributed by atoms with E-state index in [0.29, 0.717) is 5.56 Å². The molecule has 4 heteroatoms. The molecular weight excluding hydrogens is 208 g/mol. The number of aromatic nitrogens is 2. The van der Waals surface area contributed by atoms with Gasteiger partial charge in [0.05, 0.1) is 11.8 Å². The number of rotatable bonds is 2. The molecule has 0 aliphatic carbocycles. The molecule has 3 nitrogen and oxygen atoms in total. The lowest BCUT2D eigenvalue weighted by atomic mass is 10.1. The van der Waals surface area contributed by atoms with Crippen molar-refractivity contribution >= 4 is 17.1 Å². The molecule has 0 unspecified atom stereocenters. The first-order valence-electron chi connectivity index (χ1n) is 4.68. The van der Waals surface area contributed by atoms with Gasteiger partial charge in [0.1, 0.15) is 0 Å². The molecule has 0 aromatic carbocycles. The molecule has 15 heavy (non-hydrogen) atoms. The van der Waals surface area contributed by atoms with Crippen molar-refractivity contribution in [2.24, 2.45) is 7.05 Å². The van der Waals surface area contributed by atoms with Crippen LogP contribution >= 0.6 is 11.3 Å². The van der Waals surface area contributed by atoms with Crippen molar-refractivity contribution in [1.82, 2.24) is 9.78 Å². The van der Waals surface area contributed by atoms with Gasteiger partial charge in [-0.25, -0.2) is 0 Å². The van der Waals surface area contributed by atoms with Crippen LogP contribution in [0.4, 0.5) is 0 Å². The van der Waals surface area contributed by atoms with Crippen LogP contribution in [0.15, 0.2) is 17.6 Å². The second-order valence-corrected chi connectivity index (χ2v) is 4.61. The molecule has 0 N–H and O–H groups in total. The molecule has 0 spiro atoms. The molecule has 0 bridgehead atoms. The van der Waals surface area contributed by atoms with Crippen molar-refractivity contribution in [2.75, 3.05) is 0 Å². The fourth-order valence-corrected chi connectivity index (χ4v) is 2.18. The standard InChI is InChI=1S/C11H12N2OS/c1-7-10(6-12-13(7)3)11(14)9-4-5-15-8(9)2/h4-6H,1-3H3. The molecule has 0 atom stereocenters. The third kappa shape index (κ3) is 1.61. The van der Waals surface area contributed by atoms with Crippen molar-refractivity contribution < 1.29 is 4.79 Å². The molecule has 0 saturated carbocycles. The van der Waals surface area contributed by atoms with Crippen molar-refractivity contribution in [3.05, 3.63) is 39.3 Å². The Morgan fingerprint density at radius 3 is 2.60 bits per heavy atom. The van der Waals surface area contributed by atoms with Crippen LogP contribution in [-0.2, 0) is 7.05 Å². The van der Waals surface area contributed by atoms with Gasteiger partial charge in [0, 0.05) is 23.2 Å². The van der Waals surface area contributed by atoms with Gasteiger partial charge in [-0.05, 0) is 25.3 Å². The lowest BCUT2D eigenvalue weighted by Gasteiger charge is -1.99. The molecule has 0 amide bonds. The Balaban J connectivity index is 2.46. The Morgan fingerprint density at radius 1 is 1.40 bits per heavy atom. The molecule has 0 fully saturated rings. The number of hydrogen-bond acceptors (Lipinski definition) is 3. The third-order valence-corrected chi connectivity index (χ3v) is 3.43. The predicted octanol–water partition coefficient (Wildman–Crippen LogP) is 2.33. The number of carbonyl (C=O) groups excluding carboxylic acids is 1. The smallest absolute Gasteiger partial charge is 0.197 e. The minimum absolute atomic E-state index is 0.0688. The fourth-order valence-electron chi connectivity index (χ4n) is 1.49. The molecular formula is C11H12N2OS. The number of nitrogens with zero attached hydrogens (tertiary/aromatic N) is 2. The van der Waals surface area contributed by atoms with Crippen LogP contribution < -0.4 is 0 Å². The van der Waals surface area contributed by atoms with Gasteiger partial charge in [-0.15, -0.1) is 11.3 Å². The van der Waals surface area contributed by atoms with Gasteiger partial charge in [0.25, 0.3) is 0 Å². The largest absolute Gasteiger partial charge is 0.288 e. The summed E-state index contributed by atoms with van der Waals surface area (Å²) in [5.74, 6) is 0.0688. The van der Waals surface area contributed by atoms with E-state index in [1.54, 1.807) is 22.2 Å². The maximum absolute atomic E-state index is 12.1. The summed E-state index contributed by atoms with van der Waals surface area (Å²) >= 11 is 1.59. The second-order valence-electron chi connectivity index (χ2n) is 3.49. The topological polar surface area (TPSA) is 34.9 Å². The summed E-state index contributed by atoms with van der Waals surface area (Å²) < 4.78 is 1.72. The zero-order valence-corrected chi connectivity index (χ0v) is 9.76. The van der Waals surface area contributed by atoms with Crippen LogP contribution in [0.2, 0.25) is 0 Å². The van der Waals surface area contributed by atoms with E-state index in [1.807, 2.05) is 32.3 Å². The zero-order chi connectivity index (χ0) is 11.0. The van der Waals surface area contributed by atoms with Gasteiger partial charge in [0.15, 0.2) is 5.78 Å². The Morgan fingerprint density at radius 2 is 2.13 bits per heavy atom. The molecule has 2 heterocycles. The summed E-state index contributed by atoms with van der Waals surface area (Å²) in [6.45, 7) is 3.87. The van der Waals surface area contributed by atoms with Crippen LogP contribution in [-0.4, -0.2) is 15.6 Å². The molecule has 0 aliphatic rings. The molecule has 78 valence electrons. The van der Waals surface area contributed by atoms with Crippen molar-refractivity contribution in [2.45, 2.75) is 13.8 Å². The highest BCUT2D eigenvalue weighted by molar-refractivity contribution is 7.10. The van der Waals surface area contributed by atoms with E-state index in [-0.39, 0.29) is 5.78 Å². The van der Waals surface area contributed by atoms with E-state index < -0.39 is 0 Å². The summed E-state index contributed by atoms with van der Waals surface area (Å²) in [5, 5.41) is 6.01. The number of thiophene rings is 1. The van der Waals surface area contributed by atoms with Gasteiger partial charge in [-0.1, -0.05) is 0 Å². The molecule has 0 radical (unpaired) electrons. The van der Waals surface area contributed by atoms with E-state index in [4.69, 9.17) is 0 Å².